The highest BCUT2D eigenvalue weighted by Crippen LogP contribution is 2.22. The van der Waals surface area contributed by atoms with Crippen LogP contribution in [-0.2, 0) is 28.5 Å². The molecule has 4 N–H and O–H groups in total. The van der Waals surface area contributed by atoms with Gasteiger partial charge in [0, 0.05) is 12.8 Å². The van der Waals surface area contributed by atoms with E-state index in [1.165, 1.54) is 64.2 Å². The summed E-state index contributed by atoms with van der Waals surface area (Å²) in [7, 11) is 0. The van der Waals surface area contributed by atoms with Crippen LogP contribution in [0.2, 0.25) is 0 Å². The first-order valence-corrected chi connectivity index (χ1v) is 16.6. The lowest BCUT2D eigenvalue weighted by molar-refractivity contribution is -0.305. The van der Waals surface area contributed by atoms with E-state index in [2.05, 4.69) is 13.8 Å². The molecule has 1 heterocycles. The fraction of sp³-hybridized carbons (Fsp3) is 0.938. The van der Waals surface area contributed by atoms with Gasteiger partial charge in [-0.25, -0.2) is 0 Å². The van der Waals surface area contributed by atoms with E-state index in [1.807, 2.05) is 0 Å². The van der Waals surface area contributed by atoms with Crippen LogP contribution in [0.15, 0.2) is 0 Å². The average Bonchev–Trinajstić information content (AvgIpc) is 2.98. The van der Waals surface area contributed by atoms with E-state index in [1.54, 1.807) is 0 Å². The molecule has 248 valence electrons. The molecule has 42 heavy (non-hydrogen) atoms. The summed E-state index contributed by atoms with van der Waals surface area (Å²) in [6.45, 7) is 3.33. The number of hydrogen-bond acceptors (Lipinski definition) is 10. The normalized spacial score (nSPS) is 23.0. The number of carbonyl (C=O) groups is 2. The quantitative estimate of drug-likeness (QED) is 0.0807. The first-order valence-electron chi connectivity index (χ1n) is 16.6. The molecule has 1 saturated heterocycles. The minimum absolute atomic E-state index is 0.211. The predicted octanol–water partition coefficient (Wildman–Crippen LogP) is 4.71. The third-order valence-corrected chi connectivity index (χ3v) is 7.74. The number of ether oxygens (including phenoxy) is 4. The van der Waals surface area contributed by atoms with Gasteiger partial charge >= 0.3 is 11.9 Å². The first-order chi connectivity index (χ1) is 20.3. The van der Waals surface area contributed by atoms with E-state index in [0.29, 0.717) is 6.42 Å². The fourth-order valence-corrected chi connectivity index (χ4v) is 5.01. The van der Waals surface area contributed by atoms with Crippen LogP contribution in [0.4, 0.5) is 0 Å². The van der Waals surface area contributed by atoms with Crippen LogP contribution in [0.5, 0.6) is 0 Å². The van der Waals surface area contributed by atoms with Gasteiger partial charge < -0.3 is 39.4 Å². The van der Waals surface area contributed by atoms with E-state index < -0.39 is 49.4 Å². The Morgan fingerprint density at radius 3 is 1.62 bits per heavy atom. The monoisotopic (exact) mass is 604 g/mol. The molecule has 0 radical (unpaired) electrons. The van der Waals surface area contributed by atoms with Gasteiger partial charge in [-0.3, -0.25) is 9.59 Å². The molecule has 0 amide bonds. The minimum atomic E-state index is -1.59. The van der Waals surface area contributed by atoms with Crippen molar-refractivity contribution < 1.29 is 49.0 Å². The van der Waals surface area contributed by atoms with Crippen molar-refractivity contribution >= 4 is 11.9 Å². The van der Waals surface area contributed by atoms with E-state index in [-0.39, 0.29) is 32.0 Å². The van der Waals surface area contributed by atoms with Gasteiger partial charge in [-0.1, -0.05) is 110 Å². The van der Waals surface area contributed by atoms with Gasteiger partial charge in [0.05, 0.1) is 13.2 Å². The molecular formula is C32H60O10. The maximum atomic E-state index is 12.5. The second kappa shape index (κ2) is 25.1. The number of aliphatic hydroxyl groups is 4. The Bertz CT molecular complexity index is 674. The van der Waals surface area contributed by atoms with Crippen molar-refractivity contribution in [3.05, 3.63) is 0 Å². The average molecular weight is 605 g/mol. The van der Waals surface area contributed by atoms with Gasteiger partial charge in [0.1, 0.15) is 31.0 Å². The van der Waals surface area contributed by atoms with Crippen LogP contribution < -0.4 is 0 Å². The molecule has 1 aliphatic rings. The highest BCUT2D eigenvalue weighted by Gasteiger charge is 2.44. The third-order valence-electron chi connectivity index (χ3n) is 7.74. The zero-order valence-corrected chi connectivity index (χ0v) is 26.3. The number of carbonyl (C=O) groups excluding carboxylic acids is 2. The topological polar surface area (TPSA) is 152 Å². The zero-order chi connectivity index (χ0) is 31.0. The summed E-state index contributed by atoms with van der Waals surface area (Å²) in [5, 5.41) is 39.6. The van der Waals surface area contributed by atoms with Crippen LogP contribution in [0.3, 0.4) is 0 Å². The van der Waals surface area contributed by atoms with Gasteiger partial charge in [-0.2, -0.15) is 0 Å². The van der Waals surface area contributed by atoms with Gasteiger partial charge in [0.15, 0.2) is 12.4 Å². The minimum Gasteiger partial charge on any atom is -0.462 e. The van der Waals surface area contributed by atoms with Crippen LogP contribution in [-0.4, -0.2) is 89.0 Å². The molecule has 0 unspecified atom stereocenters. The molecule has 10 heteroatoms. The van der Waals surface area contributed by atoms with Gasteiger partial charge in [-0.15, -0.1) is 0 Å². The second-order valence-corrected chi connectivity index (χ2v) is 11.6. The van der Waals surface area contributed by atoms with Crippen molar-refractivity contribution in [2.75, 3.05) is 19.8 Å². The first kappa shape index (κ1) is 38.7. The second-order valence-electron chi connectivity index (χ2n) is 11.6. The van der Waals surface area contributed by atoms with E-state index in [4.69, 9.17) is 18.9 Å². The summed E-state index contributed by atoms with van der Waals surface area (Å²) in [4.78, 5) is 24.9. The number of esters is 2. The molecule has 0 aromatic heterocycles. The number of unbranched alkanes of at least 4 members (excludes halogenated alkanes) is 15. The van der Waals surface area contributed by atoms with Crippen LogP contribution >= 0.6 is 0 Å². The van der Waals surface area contributed by atoms with Crippen LogP contribution in [0.25, 0.3) is 0 Å². The standard InChI is InChI=1S/C32H60O10/c1-3-5-7-9-11-13-15-16-18-20-27(34)39-23-25(41-28(35)21-19-17-14-12-10-8-6-4-2)24-40-32-31(38)30(37)29(36)26(22-33)42-32/h25-26,29-33,36-38H,3-24H2,1-2H3/t25-,26-,29+,30+,31-,32-/m1/s1. The Morgan fingerprint density at radius 2 is 1.12 bits per heavy atom. The van der Waals surface area contributed by atoms with Crippen molar-refractivity contribution in [2.24, 2.45) is 0 Å². The fourth-order valence-electron chi connectivity index (χ4n) is 5.01. The number of hydrogen-bond donors (Lipinski definition) is 4. The summed E-state index contributed by atoms with van der Waals surface area (Å²) in [5.41, 5.74) is 0. The molecule has 10 nitrogen and oxygen atoms in total. The zero-order valence-electron chi connectivity index (χ0n) is 26.3. The maximum absolute atomic E-state index is 12.5. The highest BCUT2D eigenvalue weighted by molar-refractivity contribution is 5.70. The molecule has 0 aliphatic carbocycles. The molecular weight excluding hydrogens is 544 g/mol. The summed E-state index contributed by atoms with van der Waals surface area (Å²) < 4.78 is 21.9. The third kappa shape index (κ3) is 17.7. The van der Waals surface area contributed by atoms with Gasteiger partial charge in [-0.05, 0) is 12.8 Å². The number of aliphatic hydroxyl groups excluding tert-OH is 4. The lowest BCUT2D eigenvalue weighted by Crippen LogP contribution is -2.59. The maximum Gasteiger partial charge on any atom is 0.306 e. The van der Waals surface area contributed by atoms with E-state index >= 15 is 0 Å². The molecule has 1 rings (SSSR count). The molecule has 0 saturated carbocycles. The summed E-state index contributed by atoms with van der Waals surface area (Å²) in [6, 6.07) is 0. The smallest absolute Gasteiger partial charge is 0.306 e. The van der Waals surface area contributed by atoms with Gasteiger partial charge in [0.25, 0.3) is 0 Å². The number of rotatable bonds is 26. The van der Waals surface area contributed by atoms with Gasteiger partial charge in [0.2, 0.25) is 0 Å². The Hall–Kier alpha value is -1.30. The largest absolute Gasteiger partial charge is 0.462 e. The predicted molar refractivity (Wildman–Crippen MR) is 160 cm³/mol. The van der Waals surface area contributed by atoms with Crippen molar-refractivity contribution in [3.63, 3.8) is 0 Å². The lowest BCUT2D eigenvalue weighted by atomic mass is 9.99. The summed E-state index contributed by atoms with van der Waals surface area (Å²) in [6.07, 6.45) is 11.4. The molecule has 1 fully saturated rings. The van der Waals surface area contributed by atoms with Crippen molar-refractivity contribution in [3.8, 4) is 0 Å². The molecule has 1 aliphatic heterocycles. The molecule has 0 aromatic rings. The molecule has 0 bridgehead atoms. The SMILES string of the molecule is CCCCCCCCCCCC(=O)OC[C@H](CO[C@@H]1O[C@H](CO)[C@H](O)[C@H](O)[C@H]1O)OC(=O)CCCCCCCCCC. The van der Waals surface area contributed by atoms with Crippen LogP contribution in [0.1, 0.15) is 136 Å². The molecule has 0 aromatic carbocycles. The Labute approximate surface area is 253 Å². The molecule has 6 atom stereocenters. The Morgan fingerprint density at radius 1 is 0.643 bits per heavy atom. The Balaban J connectivity index is 2.47. The molecule has 0 spiro atoms. The van der Waals surface area contributed by atoms with Crippen LogP contribution in [0, 0.1) is 0 Å². The van der Waals surface area contributed by atoms with Crippen molar-refractivity contribution in [1.29, 1.82) is 0 Å². The van der Waals surface area contributed by atoms with E-state index in [0.717, 1.165) is 38.5 Å². The van der Waals surface area contributed by atoms with Crippen molar-refractivity contribution in [1.82, 2.24) is 0 Å². The van der Waals surface area contributed by atoms with Crippen molar-refractivity contribution in [2.45, 2.75) is 173 Å². The summed E-state index contributed by atoms with van der Waals surface area (Å²) >= 11 is 0. The summed E-state index contributed by atoms with van der Waals surface area (Å²) in [5.74, 6) is -0.812. The Kier molecular flexibility index (Phi) is 23.1. The lowest BCUT2D eigenvalue weighted by Gasteiger charge is -2.39. The highest BCUT2D eigenvalue weighted by atomic mass is 16.7. The van der Waals surface area contributed by atoms with E-state index in [9.17, 15) is 30.0 Å².